The van der Waals surface area contributed by atoms with Crippen molar-refractivity contribution in [2.75, 3.05) is 7.11 Å². The molecule has 1 saturated carbocycles. The molecule has 1 rings (SSSR count). The molecule has 0 aliphatic heterocycles. The van der Waals surface area contributed by atoms with E-state index >= 15 is 0 Å². The molecule has 0 spiro atoms. The van der Waals surface area contributed by atoms with Gasteiger partial charge in [-0.15, -0.1) is 0 Å². The Morgan fingerprint density at radius 1 is 1.71 bits per heavy atom. The van der Waals surface area contributed by atoms with Crippen molar-refractivity contribution in [3.63, 3.8) is 0 Å². The van der Waals surface area contributed by atoms with Crippen LogP contribution in [0.25, 0.3) is 0 Å². The van der Waals surface area contributed by atoms with Crippen molar-refractivity contribution in [2.24, 2.45) is 0 Å². The van der Waals surface area contributed by atoms with E-state index in [1.807, 2.05) is 0 Å². The highest BCUT2D eigenvalue weighted by molar-refractivity contribution is 5.08. The smallest absolute Gasteiger partial charge is 0.0645 e. The molecular weight excluding hydrogens is 88.1 g/mol. The molecule has 0 amide bonds. The summed E-state index contributed by atoms with van der Waals surface area (Å²) in [4.78, 5) is 0. The van der Waals surface area contributed by atoms with Crippen LogP contribution in [0.5, 0.6) is 0 Å². The highest BCUT2D eigenvalue weighted by atomic mass is 16.5. The molecule has 1 aliphatic rings. The van der Waals surface area contributed by atoms with Crippen molar-refractivity contribution in [3.8, 4) is 0 Å². The molecule has 1 fully saturated rings. The SMILES string of the molecule is C=C1CC(OC)C1. The molecule has 0 aromatic rings. The Labute approximate surface area is 44.0 Å². The summed E-state index contributed by atoms with van der Waals surface area (Å²) in [5.74, 6) is 0. The molecule has 0 N–H and O–H groups in total. The second-order valence-electron chi connectivity index (χ2n) is 2.02. The fourth-order valence-corrected chi connectivity index (χ4v) is 0.751. The maximum atomic E-state index is 5.00. The van der Waals surface area contributed by atoms with Crippen LogP contribution in [-0.2, 0) is 4.74 Å². The van der Waals surface area contributed by atoms with Crippen LogP contribution in [0, 0.1) is 0 Å². The molecule has 1 heteroatoms. The third-order valence-corrected chi connectivity index (χ3v) is 1.37. The molecule has 7 heavy (non-hydrogen) atoms. The second-order valence-corrected chi connectivity index (χ2v) is 2.02. The van der Waals surface area contributed by atoms with Crippen molar-refractivity contribution in [2.45, 2.75) is 18.9 Å². The molecule has 40 valence electrons. The van der Waals surface area contributed by atoms with Gasteiger partial charge in [0.15, 0.2) is 0 Å². The van der Waals surface area contributed by atoms with Crippen LogP contribution in [0.15, 0.2) is 12.2 Å². The first-order valence-corrected chi connectivity index (χ1v) is 2.52. The molecule has 0 atom stereocenters. The quantitative estimate of drug-likeness (QED) is 0.450. The van der Waals surface area contributed by atoms with Gasteiger partial charge in [-0.25, -0.2) is 0 Å². The van der Waals surface area contributed by atoms with E-state index in [0.717, 1.165) is 12.8 Å². The van der Waals surface area contributed by atoms with Crippen LogP contribution >= 0.6 is 0 Å². The first-order chi connectivity index (χ1) is 3.33. The topological polar surface area (TPSA) is 9.23 Å². The predicted octanol–water partition coefficient (Wildman–Crippen LogP) is 1.35. The van der Waals surface area contributed by atoms with E-state index in [-0.39, 0.29) is 0 Å². The summed E-state index contributed by atoms with van der Waals surface area (Å²) in [7, 11) is 1.75. The number of ether oxygens (including phenoxy) is 1. The minimum absolute atomic E-state index is 0.493. The first kappa shape index (κ1) is 4.85. The lowest BCUT2D eigenvalue weighted by molar-refractivity contribution is 0.0729. The predicted molar refractivity (Wildman–Crippen MR) is 29.2 cm³/mol. The average Bonchev–Trinajstić information content (AvgIpc) is 1.58. The molecule has 0 radical (unpaired) electrons. The molecule has 1 aliphatic carbocycles. The van der Waals surface area contributed by atoms with E-state index in [9.17, 15) is 0 Å². The maximum absolute atomic E-state index is 5.00. The van der Waals surface area contributed by atoms with Gasteiger partial charge >= 0.3 is 0 Å². The number of rotatable bonds is 1. The molecule has 1 nitrogen and oxygen atoms in total. The molecule has 0 aromatic carbocycles. The van der Waals surface area contributed by atoms with E-state index in [1.54, 1.807) is 7.11 Å². The Kier molecular flexibility index (Phi) is 1.15. The van der Waals surface area contributed by atoms with Crippen molar-refractivity contribution in [3.05, 3.63) is 12.2 Å². The van der Waals surface area contributed by atoms with Gasteiger partial charge in [-0.3, -0.25) is 0 Å². The van der Waals surface area contributed by atoms with Crippen LogP contribution in [0.4, 0.5) is 0 Å². The zero-order chi connectivity index (χ0) is 5.28. The lowest BCUT2D eigenvalue weighted by Gasteiger charge is -2.26. The summed E-state index contributed by atoms with van der Waals surface area (Å²) in [5.41, 5.74) is 1.33. The van der Waals surface area contributed by atoms with E-state index in [0.29, 0.717) is 6.10 Å². The molecule has 0 bridgehead atoms. The lowest BCUT2D eigenvalue weighted by Crippen LogP contribution is -2.21. The zero-order valence-electron chi connectivity index (χ0n) is 4.61. The standard InChI is InChI=1S/C6H10O/c1-5-3-6(4-5)7-2/h6H,1,3-4H2,2H3. The lowest BCUT2D eigenvalue weighted by atomic mass is 9.91. The van der Waals surface area contributed by atoms with Crippen LogP contribution in [-0.4, -0.2) is 13.2 Å². The third kappa shape index (κ3) is 0.829. The van der Waals surface area contributed by atoms with Crippen molar-refractivity contribution in [1.82, 2.24) is 0 Å². The maximum Gasteiger partial charge on any atom is 0.0645 e. The van der Waals surface area contributed by atoms with Crippen molar-refractivity contribution < 1.29 is 4.74 Å². The molecule has 0 saturated heterocycles. The summed E-state index contributed by atoms with van der Waals surface area (Å²) in [6, 6.07) is 0. The molecule has 0 heterocycles. The van der Waals surface area contributed by atoms with Gasteiger partial charge in [0.25, 0.3) is 0 Å². The minimum Gasteiger partial charge on any atom is -0.381 e. The molecular formula is C6H10O. The first-order valence-electron chi connectivity index (χ1n) is 2.52. The van der Waals surface area contributed by atoms with E-state index in [4.69, 9.17) is 4.74 Å². The third-order valence-electron chi connectivity index (χ3n) is 1.37. The highest BCUT2D eigenvalue weighted by Gasteiger charge is 2.19. The largest absolute Gasteiger partial charge is 0.381 e. The monoisotopic (exact) mass is 98.1 g/mol. The van der Waals surface area contributed by atoms with Gasteiger partial charge in [0.2, 0.25) is 0 Å². The zero-order valence-corrected chi connectivity index (χ0v) is 4.61. The van der Waals surface area contributed by atoms with Gasteiger partial charge in [-0.05, 0) is 12.8 Å². The highest BCUT2D eigenvalue weighted by Crippen LogP contribution is 2.26. The van der Waals surface area contributed by atoms with E-state index in [2.05, 4.69) is 6.58 Å². The Balaban J connectivity index is 2.17. The number of hydrogen-bond donors (Lipinski definition) is 0. The van der Waals surface area contributed by atoms with Crippen LogP contribution in [0.1, 0.15) is 12.8 Å². The molecule has 0 unspecified atom stereocenters. The van der Waals surface area contributed by atoms with E-state index in [1.165, 1.54) is 5.57 Å². The average molecular weight is 98.1 g/mol. The molecule has 0 aromatic heterocycles. The number of methoxy groups -OCH3 is 1. The second kappa shape index (κ2) is 1.66. The van der Waals surface area contributed by atoms with Crippen LogP contribution in [0.2, 0.25) is 0 Å². The summed E-state index contributed by atoms with van der Waals surface area (Å²) < 4.78 is 5.00. The Hall–Kier alpha value is -0.300. The number of hydrogen-bond acceptors (Lipinski definition) is 1. The summed E-state index contributed by atoms with van der Waals surface area (Å²) >= 11 is 0. The summed E-state index contributed by atoms with van der Waals surface area (Å²) in [6.45, 7) is 3.78. The van der Waals surface area contributed by atoms with Gasteiger partial charge in [-0.1, -0.05) is 12.2 Å². The normalized spacial score (nSPS) is 22.1. The summed E-state index contributed by atoms with van der Waals surface area (Å²) in [6.07, 6.45) is 2.65. The van der Waals surface area contributed by atoms with Gasteiger partial charge in [0.05, 0.1) is 6.10 Å². The van der Waals surface area contributed by atoms with Crippen LogP contribution < -0.4 is 0 Å². The van der Waals surface area contributed by atoms with Crippen molar-refractivity contribution >= 4 is 0 Å². The fourth-order valence-electron chi connectivity index (χ4n) is 0.751. The van der Waals surface area contributed by atoms with Gasteiger partial charge in [0, 0.05) is 7.11 Å². The van der Waals surface area contributed by atoms with Crippen molar-refractivity contribution in [1.29, 1.82) is 0 Å². The minimum atomic E-state index is 0.493. The van der Waals surface area contributed by atoms with Crippen LogP contribution in [0.3, 0.4) is 0 Å². The van der Waals surface area contributed by atoms with E-state index < -0.39 is 0 Å². The summed E-state index contributed by atoms with van der Waals surface area (Å²) in [5, 5.41) is 0. The Morgan fingerprint density at radius 3 is 2.43 bits per heavy atom. The Bertz CT molecular complexity index is 78.2. The van der Waals surface area contributed by atoms with Gasteiger partial charge < -0.3 is 4.74 Å². The van der Waals surface area contributed by atoms with Gasteiger partial charge in [-0.2, -0.15) is 0 Å². The fraction of sp³-hybridized carbons (Fsp3) is 0.667. The van der Waals surface area contributed by atoms with Gasteiger partial charge in [0.1, 0.15) is 0 Å². The Morgan fingerprint density at radius 2 is 2.29 bits per heavy atom.